The number of nitrogens with zero attached hydrogens (tertiary/aromatic N) is 3. The second-order valence-electron chi connectivity index (χ2n) is 9.46. The molecule has 10 heteroatoms. The highest BCUT2D eigenvalue weighted by atomic mass is 19.4. The van der Waals surface area contributed by atoms with Crippen LogP contribution >= 0.6 is 0 Å². The van der Waals surface area contributed by atoms with Gasteiger partial charge in [0.25, 0.3) is 0 Å². The van der Waals surface area contributed by atoms with Gasteiger partial charge in [0.15, 0.2) is 5.78 Å². The monoisotopic (exact) mass is 480 g/mol. The number of methoxy groups -OCH3 is 1. The fourth-order valence-electron chi connectivity index (χ4n) is 5.15. The number of alkyl halides is 3. The van der Waals surface area contributed by atoms with E-state index in [1.165, 1.54) is 12.4 Å². The highest BCUT2D eigenvalue weighted by Gasteiger charge is 2.36. The minimum absolute atomic E-state index is 0.00906. The predicted molar refractivity (Wildman–Crippen MR) is 121 cm³/mol. The van der Waals surface area contributed by atoms with E-state index >= 15 is 0 Å². The molecule has 186 valence electrons. The zero-order valence-electron chi connectivity index (χ0n) is 19.2. The number of nitrogens with one attached hydrogen (secondary N) is 1. The van der Waals surface area contributed by atoms with Gasteiger partial charge in [0.2, 0.25) is 0 Å². The van der Waals surface area contributed by atoms with Crippen molar-refractivity contribution in [2.75, 3.05) is 38.7 Å². The summed E-state index contributed by atoms with van der Waals surface area (Å²) in [4.78, 5) is 23.0. The number of rotatable bonds is 9. The number of carbonyl (C=O) groups excluding carboxylic acids is 1. The number of Topliss-reactive ketones (excluding diaryl/α,β-unsaturated/α-hetero) is 1. The van der Waals surface area contributed by atoms with Crippen LogP contribution in [0.2, 0.25) is 0 Å². The van der Waals surface area contributed by atoms with Crippen molar-refractivity contribution in [3.63, 3.8) is 0 Å². The van der Waals surface area contributed by atoms with E-state index < -0.39 is 17.8 Å². The van der Waals surface area contributed by atoms with E-state index in [2.05, 4.69) is 20.2 Å². The number of aliphatic hydroxyl groups excluding tert-OH is 1. The molecular formula is C24H31F3N4O3. The smallest absolute Gasteiger partial charge is 0.390 e. The first-order valence-corrected chi connectivity index (χ1v) is 11.7. The Morgan fingerprint density at radius 3 is 2.65 bits per heavy atom. The highest BCUT2D eigenvalue weighted by molar-refractivity contribution is 5.91. The van der Waals surface area contributed by atoms with Crippen molar-refractivity contribution in [1.29, 1.82) is 0 Å². The Morgan fingerprint density at radius 2 is 1.97 bits per heavy atom. The number of hydrogen-bond donors (Lipinski definition) is 2. The van der Waals surface area contributed by atoms with E-state index in [0.717, 1.165) is 50.9 Å². The largest absolute Gasteiger partial charge is 0.416 e. The molecule has 1 atom stereocenters. The first kappa shape index (κ1) is 24.8. The Balaban J connectivity index is 1.23. The third-order valence-electron chi connectivity index (χ3n) is 7.06. The molecule has 0 radical (unpaired) electrons. The third kappa shape index (κ3) is 5.84. The van der Waals surface area contributed by atoms with Crippen molar-refractivity contribution < 1.29 is 27.8 Å². The van der Waals surface area contributed by atoms with Crippen LogP contribution in [-0.2, 0) is 15.7 Å². The summed E-state index contributed by atoms with van der Waals surface area (Å²) >= 11 is 0. The fraction of sp³-hybridized carbons (Fsp3) is 0.625. The average Bonchev–Trinajstić information content (AvgIpc) is 2.79. The fourth-order valence-corrected chi connectivity index (χ4v) is 5.15. The van der Waals surface area contributed by atoms with E-state index in [0.29, 0.717) is 36.4 Å². The number of carbonyl (C=O) groups is 1. The first-order valence-electron chi connectivity index (χ1n) is 11.7. The van der Waals surface area contributed by atoms with Crippen molar-refractivity contribution in [1.82, 2.24) is 14.9 Å². The van der Waals surface area contributed by atoms with Gasteiger partial charge < -0.3 is 15.2 Å². The average molecular weight is 481 g/mol. The summed E-state index contributed by atoms with van der Waals surface area (Å²) in [7, 11) is 1.60. The van der Waals surface area contributed by atoms with Gasteiger partial charge >= 0.3 is 6.18 Å². The Bertz CT molecular complexity index is 989. The minimum atomic E-state index is -4.46. The summed E-state index contributed by atoms with van der Waals surface area (Å²) in [6.45, 7) is 2.16. The van der Waals surface area contributed by atoms with Crippen molar-refractivity contribution in [2.24, 2.45) is 11.8 Å². The van der Waals surface area contributed by atoms with Crippen LogP contribution < -0.4 is 5.32 Å². The lowest BCUT2D eigenvalue weighted by molar-refractivity contribution is -0.137. The number of aliphatic hydroxyl groups is 1. The molecule has 1 saturated heterocycles. The predicted octanol–water partition coefficient (Wildman–Crippen LogP) is 3.52. The Hall–Kier alpha value is -2.30. The maximum atomic E-state index is 13.1. The molecule has 2 aromatic rings. The SMILES string of the molecule is COCC(O)C1CCC(N2CC(CC(=O)CNc3ncnc4ccc(C(F)(F)F)cc34)C2)CC1. The molecule has 4 rings (SSSR count). The summed E-state index contributed by atoms with van der Waals surface area (Å²) in [5.41, 5.74) is -0.391. The number of likely N-dealkylation sites (tertiary alicyclic amines) is 1. The van der Waals surface area contributed by atoms with Crippen LogP contribution in [0.25, 0.3) is 10.9 Å². The van der Waals surface area contributed by atoms with Gasteiger partial charge in [-0.2, -0.15) is 13.2 Å². The van der Waals surface area contributed by atoms with Crippen LogP contribution in [0.4, 0.5) is 19.0 Å². The van der Waals surface area contributed by atoms with Crippen molar-refractivity contribution in [3.8, 4) is 0 Å². The topological polar surface area (TPSA) is 87.6 Å². The van der Waals surface area contributed by atoms with E-state index in [4.69, 9.17) is 4.74 Å². The molecule has 2 heterocycles. The summed E-state index contributed by atoms with van der Waals surface area (Å²) in [6, 6.07) is 3.81. The number of benzene rings is 1. The number of ether oxygens (including phenoxy) is 1. The summed E-state index contributed by atoms with van der Waals surface area (Å²) < 4.78 is 44.3. The summed E-state index contributed by atoms with van der Waals surface area (Å²) in [5.74, 6) is 0.831. The van der Waals surface area contributed by atoms with Crippen LogP contribution in [0.5, 0.6) is 0 Å². The lowest BCUT2D eigenvalue weighted by Crippen LogP contribution is -2.54. The van der Waals surface area contributed by atoms with Crippen molar-refractivity contribution in [3.05, 3.63) is 30.1 Å². The van der Waals surface area contributed by atoms with E-state index in [1.807, 2.05) is 0 Å². The molecule has 1 aromatic carbocycles. The molecule has 34 heavy (non-hydrogen) atoms. The number of halogens is 3. The normalized spacial score (nSPS) is 23.0. The number of hydrogen-bond acceptors (Lipinski definition) is 7. The standard InChI is InChI=1S/C24H31F3N4O3/c1-34-13-22(33)16-2-5-18(6-3-16)31-11-15(12-31)8-19(32)10-28-23-20-9-17(24(25,26)27)4-7-21(20)29-14-30-23/h4,7,9,14-16,18,22,33H,2-3,5-6,8,10-13H2,1H3,(H,28,29,30). The van der Waals surface area contributed by atoms with Crippen molar-refractivity contribution in [2.45, 2.75) is 50.4 Å². The van der Waals surface area contributed by atoms with Gasteiger partial charge in [-0.25, -0.2) is 9.97 Å². The number of aromatic nitrogens is 2. The van der Waals surface area contributed by atoms with Gasteiger partial charge in [0, 0.05) is 38.0 Å². The zero-order valence-corrected chi connectivity index (χ0v) is 19.2. The summed E-state index contributed by atoms with van der Waals surface area (Å²) in [6.07, 6.45) is 0.924. The first-order chi connectivity index (χ1) is 16.2. The van der Waals surface area contributed by atoms with E-state index in [1.54, 1.807) is 7.11 Å². The number of ketones is 1. The lowest BCUT2D eigenvalue weighted by Gasteiger charge is -2.47. The number of anilines is 1. The molecule has 0 amide bonds. The van der Waals surface area contributed by atoms with Crippen LogP contribution in [0.3, 0.4) is 0 Å². The maximum absolute atomic E-state index is 13.1. The van der Waals surface area contributed by atoms with Gasteiger partial charge in [-0.1, -0.05) is 0 Å². The van der Waals surface area contributed by atoms with Gasteiger partial charge in [0.1, 0.15) is 12.1 Å². The van der Waals surface area contributed by atoms with Crippen molar-refractivity contribution >= 4 is 22.5 Å². The molecule has 1 aliphatic heterocycles. The molecule has 1 saturated carbocycles. The third-order valence-corrected chi connectivity index (χ3v) is 7.06. The highest BCUT2D eigenvalue weighted by Crippen LogP contribution is 2.34. The molecule has 2 fully saturated rings. The van der Waals surface area contributed by atoms with E-state index in [9.17, 15) is 23.1 Å². The molecular weight excluding hydrogens is 449 g/mol. The maximum Gasteiger partial charge on any atom is 0.416 e. The van der Waals surface area contributed by atoms with Gasteiger partial charge in [0.05, 0.1) is 30.3 Å². The van der Waals surface area contributed by atoms with Crippen LogP contribution in [-0.4, -0.2) is 71.3 Å². The zero-order chi connectivity index (χ0) is 24.3. The second-order valence-corrected chi connectivity index (χ2v) is 9.46. The Morgan fingerprint density at radius 1 is 1.24 bits per heavy atom. The van der Waals surface area contributed by atoms with Crippen LogP contribution in [0.15, 0.2) is 24.5 Å². The second kappa shape index (κ2) is 10.5. The van der Waals surface area contributed by atoms with Gasteiger partial charge in [-0.3, -0.25) is 9.69 Å². The molecule has 2 aliphatic rings. The molecule has 2 N–H and O–H groups in total. The van der Waals surface area contributed by atoms with Gasteiger partial charge in [-0.05, 0) is 55.7 Å². The summed E-state index contributed by atoms with van der Waals surface area (Å²) in [5, 5.41) is 13.3. The van der Waals surface area contributed by atoms with Crippen LogP contribution in [0, 0.1) is 11.8 Å². The minimum Gasteiger partial charge on any atom is -0.390 e. The van der Waals surface area contributed by atoms with E-state index in [-0.39, 0.29) is 23.5 Å². The molecule has 1 aliphatic carbocycles. The molecule has 0 bridgehead atoms. The Kier molecular flexibility index (Phi) is 7.69. The van der Waals surface area contributed by atoms with Crippen LogP contribution in [0.1, 0.15) is 37.7 Å². The molecule has 0 spiro atoms. The quantitative estimate of drug-likeness (QED) is 0.568. The number of fused-ring (bicyclic) bond motifs is 1. The van der Waals surface area contributed by atoms with Gasteiger partial charge in [-0.15, -0.1) is 0 Å². The molecule has 1 unspecified atom stereocenters. The Labute approximate surface area is 196 Å². The molecule has 1 aromatic heterocycles. The lowest BCUT2D eigenvalue weighted by atomic mass is 9.80. The molecule has 7 nitrogen and oxygen atoms in total.